The molecule has 3 aromatic carbocycles. The van der Waals surface area contributed by atoms with Crippen molar-refractivity contribution >= 4 is 23.0 Å². The van der Waals surface area contributed by atoms with Crippen LogP contribution in [-0.2, 0) is 9.53 Å². The summed E-state index contributed by atoms with van der Waals surface area (Å²) < 4.78 is 16.2. The lowest BCUT2D eigenvalue weighted by Gasteiger charge is -2.29. The van der Waals surface area contributed by atoms with E-state index in [0.717, 1.165) is 66.0 Å². The summed E-state index contributed by atoms with van der Waals surface area (Å²) in [5.41, 5.74) is 4.67. The smallest absolute Gasteiger partial charge is 0.246 e. The first-order chi connectivity index (χ1) is 16.6. The number of nitrogens with one attached hydrogen (secondary N) is 2. The quantitative estimate of drug-likeness (QED) is 0.509. The van der Waals surface area contributed by atoms with Crippen LogP contribution in [0.2, 0.25) is 0 Å². The zero-order valence-electron chi connectivity index (χ0n) is 19.8. The number of carbonyl (C=O) groups excluding carboxylic acids is 1. The number of anilines is 3. The van der Waals surface area contributed by atoms with Gasteiger partial charge in [-0.1, -0.05) is 12.1 Å². The Morgan fingerprint density at radius 3 is 2.24 bits per heavy atom. The maximum Gasteiger partial charge on any atom is 0.246 e. The molecule has 0 saturated carbocycles. The molecule has 0 aromatic heterocycles. The number of rotatable bonds is 8. The lowest BCUT2D eigenvalue weighted by molar-refractivity contribution is -0.116. The average Bonchev–Trinajstić information content (AvgIpc) is 2.89. The van der Waals surface area contributed by atoms with E-state index in [0.29, 0.717) is 0 Å². The van der Waals surface area contributed by atoms with Crippen LogP contribution in [0.3, 0.4) is 0 Å². The molecule has 2 N–H and O–H groups in total. The molecule has 34 heavy (non-hydrogen) atoms. The topological polar surface area (TPSA) is 72.1 Å². The van der Waals surface area contributed by atoms with Gasteiger partial charge in [-0.25, -0.2) is 0 Å². The van der Waals surface area contributed by atoms with Crippen LogP contribution in [0.1, 0.15) is 6.92 Å². The van der Waals surface area contributed by atoms with Crippen LogP contribution in [0.25, 0.3) is 11.1 Å². The van der Waals surface area contributed by atoms with Gasteiger partial charge >= 0.3 is 0 Å². The van der Waals surface area contributed by atoms with Crippen LogP contribution in [-0.4, -0.2) is 52.5 Å². The Morgan fingerprint density at radius 2 is 1.59 bits per heavy atom. The van der Waals surface area contributed by atoms with Crippen LogP contribution in [0.15, 0.2) is 66.7 Å². The van der Waals surface area contributed by atoms with Gasteiger partial charge in [0.15, 0.2) is 0 Å². The first-order valence-corrected chi connectivity index (χ1v) is 11.4. The molecule has 1 heterocycles. The number of hydrogen-bond donors (Lipinski definition) is 2. The highest BCUT2D eigenvalue weighted by molar-refractivity contribution is 5.96. The second kappa shape index (κ2) is 10.9. The van der Waals surface area contributed by atoms with Crippen LogP contribution in [0.4, 0.5) is 17.1 Å². The molecule has 1 saturated heterocycles. The molecule has 3 aromatic rings. The fraction of sp³-hybridized carbons (Fsp3) is 0.296. The van der Waals surface area contributed by atoms with Gasteiger partial charge in [0.2, 0.25) is 5.91 Å². The van der Waals surface area contributed by atoms with E-state index in [1.54, 1.807) is 14.2 Å². The molecule has 1 aliphatic rings. The van der Waals surface area contributed by atoms with E-state index in [1.807, 2.05) is 73.7 Å². The zero-order valence-corrected chi connectivity index (χ0v) is 19.8. The Balaban J connectivity index is 1.41. The molecule has 0 aliphatic carbocycles. The minimum Gasteiger partial charge on any atom is -0.497 e. The molecular formula is C27H31N3O4. The number of nitrogens with zero attached hydrogens (tertiary/aromatic N) is 1. The molecule has 7 nitrogen and oxygen atoms in total. The van der Waals surface area contributed by atoms with Crippen molar-refractivity contribution in [2.45, 2.75) is 13.0 Å². The molecule has 0 spiro atoms. The maximum absolute atomic E-state index is 12.8. The number of morpholine rings is 1. The number of benzene rings is 3. The first-order valence-electron chi connectivity index (χ1n) is 11.4. The van der Waals surface area contributed by atoms with Gasteiger partial charge in [0.05, 0.1) is 27.4 Å². The van der Waals surface area contributed by atoms with E-state index in [9.17, 15) is 4.79 Å². The highest BCUT2D eigenvalue weighted by atomic mass is 16.5. The van der Waals surface area contributed by atoms with Gasteiger partial charge in [0.25, 0.3) is 0 Å². The number of ether oxygens (including phenoxy) is 3. The van der Waals surface area contributed by atoms with E-state index in [1.165, 1.54) is 0 Å². The third kappa shape index (κ3) is 5.61. The van der Waals surface area contributed by atoms with Crippen LogP contribution < -0.4 is 25.0 Å². The molecule has 7 heteroatoms. The highest BCUT2D eigenvalue weighted by Gasteiger charge is 2.16. The third-order valence-corrected chi connectivity index (χ3v) is 5.89. The largest absolute Gasteiger partial charge is 0.497 e. The van der Waals surface area contributed by atoms with Gasteiger partial charge in [0.1, 0.15) is 17.5 Å². The zero-order chi connectivity index (χ0) is 23.9. The Hall–Kier alpha value is -3.71. The number of hydrogen-bond acceptors (Lipinski definition) is 6. The minimum absolute atomic E-state index is 0.110. The Morgan fingerprint density at radius 1 is 0.912 bits per heavy atom. The second-order valence-corrected chi connectivity index (χ2v) is 8.15. The van der Waals surface area contributed by atoms with Crippen LogP contribution in [0.5, 0.6) is 11.5 Å². The molecule has 1 atom stereocenters. The summed E-state index contributed by atoms with van der Waals surface area (Å²) in [5.74, 6) is 1.44. The maximum atomic E-state index is 12.8. The van der Waals surface area contributed by atoms with E-state index in [4.69, 9.17) is 14.2 Å². The molecule has 0 unspecified atom stereocenters. The predicted octanol–water partition coefficient (Wildman–Crippen LogP) is 4.65. The van der Waals surface area contributed by atoms with Crippen molar-refractivity contribution in [1.29, 1.82) is 0 Å². The van der Waals surface area contributed by atoms with Crippen molar-refractivity contribution < 1.29 is 19.0 Å². The molecule has 1 amide bonds. The Bertz CT molecular complexity index is 1090. The summed E-state index contributed by atoms with van der Waals surface area (Å²) in [6, 6.07) is 21.1. The summed E-state index contributed by atoms with van der Waals surface area (Å²) in [4.78, 5) is 15.1. The molecule has 178 valence electrons. The molecular weight excluding hydrogens is 430 g/mol. The summed E-state index contributed by atoms with van der Waals surface area (Å²) in [5, 5.41) is 6.28. The van der Waals surface area contributed by atoms with Gasteiger partial charge in [-0.3, -0.25) is 4.79 Å². The Kier molecular flexibility index (Phi) is 7.54. The number of amides is 1. The molecule has 4 rings (SSSR count). The average molecular weight is 462 g/mol. The van der Waals surface area contributed by atoms with E-state index in [-0.39, 0.29) is 5.91 Å². The van der Waals surface area contributed by atoms with Crippen molar-refractivity contribution in [3.63, 3.8) is 0 Å². The van der Waals surface area contributed by atoms with Gasteiger partial charge in [-0.05, 0) is 67.1 Å². The predicted molar refractivity (Wildman–Crippen MR) is 136 cm³/mol. The van der Waals surface area contributed by atoms with Crippen LogP contribution >= 0.6 is 0 Å². The van der Waals surface area contributed by atoms with E-state index in [2.05, 4.69) is 15.5 Å². The molecule has 0 radical (unpaired) electrons. The van der Waals surface area contributed by atoms with Crippen molar-refractivity contribution in [3.8, 4) is 22.6 Å². The highest BCUT2D eigenvalue weighted by Crippen LogP contribution is 2.33. The van der Waals surface area contributed by atoms with E-state index >= 15 is 0 Å². The van der Waals surface area contributed by atoms with Crippen molar-refractivity contribution in [3.05, 3.63) is 66.7 Å². The SMILES string of the molecule is COc1ccc(-c2cc(N[C@@H](C)C(=O)Nc3ccc(N4CCOCC4)cc3)ccc2OC)cc1. The summed E-state index contributed by atoms with van der Waals surface area (Å²) in [6.45, 7) is 5.09. The number of carbonyl (C=O) groups is 1. The van der Waals surface area contributed by atoms with Crippen molar-refractivity contribution in [2.75, 3.05) is 56.1 Å². The number of methoxy groups -OCH3 is 2. The summed E-state index contributed by atoms with van der Waals surface area (Å²) >= 11 is 0. The minimum atomic E-state index is -0.434. The standard InChI is InChI=1S/C27H31N3O4/c1-19(27(31)29-21-6-9-23(10-7-21)30-14-16-34-17-15-30)28-22-8-13-26(33-3)25(18-22)20-4-11-24(32-2)12-5-20/h4-13,18-19,28H,14-17H2,1-3H3,(H,29,31)/t19-/m0/s1. The van der Waals surface area contributed by atoms with Gasteiger partial charge in [-0.2, -0.15) is 0 Å². The molecule has 1 aliphatic heterocycles. The fourth-order valence-corrected chi connectivity index (χ4v) is 3.94. The first kappa shape index (κ1) is 23.4. The van der Waals surface area contributed by atoms with Crippen molar-refractivity contribution in [1.82, 2.24) is 0 Å². The third-order valence-electron chi connectivity index (χ3n) is 5.89. The van der Waals surface area contributed by atoms with Gasteiger partial charge < -0.3 is 29.7 Å². The normalized spacial score (nSPS) is 14.3. The summed E-state index contributed by atoms with van der Waals surface area (Å²) in [6.07, 6.45) is 0. The van der Waals surface area contributed by atoms with Crippen molar-refractivity contribution in [2.24, 2.45) is 0 Å². The Labute approximate surface area is 200 Å². The van der Waals surface area contributed by atoms with E-state index < -0.39 is 6.04 Å². The second-order valence-electron chi connectivity index (χ2n) is 8.15. The van der Waals surface area contributed by atoms with Gasteiger partial charge in [-0.15, -0.1) is 0 Å². The lowest BCUT2D eigenvalue weighted by Crippen LogP contribution is -2.36. The summed E-state index contributed by atoms with van der Waals surface area (Å²) in [7, 11) is 3.29. The van der Waals surface area contributed by atoms with Gasteiger partial charge in [0, 0.05) is 35.7 Å². The fourth-order valence-electron chi connectivity index (χ4n) is 3.94. The molecule has 1 fully saturated rings. The van der Waals surface area contributed by atoms with Crippen LogP contribution in [0, 0.1) is 0 Å². The monoisotopic (exact) mass is 461 g/mol. The molecule has 0 bridgehead atoms. The lowest BCUT2D eigenvalue weighted by atomic mass is 10.0.